The molecule has 1 amide bonds. The van der Waals surface area contributed by atoms with Crippen molar-refractivity contribution in [1.29, 1.82) is 0 Å². The lowest BCUT2D eigenvalue weighted by Gasteiger charge is -2.04. The van der Waals surface area contributed by atoms with Gasteiger partial charge >= 0.3 is 5.97 Å². The van der Waals surface area contributed by atoms with Crippen LogP contribution in [0.2, 0.25) is 0 Å². The van der Waals surface area contributed by atoms with Crippen molar-refractivity contribution in [2.45, 2.75) is 0 Å². The first-order valence-corrected chi connectivity index (χ1v) is 6.09. The predicted octanol–water partition coefficient (Wildman–Crippen LogP) is 0.592. The van der Waals surface area contributed by atoms with E-state index in [2.05, 4.69) is 20.3 Å². The Kier molecular flexibility index (Phi) is 4.17. The van der Waals surface area contributed by atoms with Crippen molar-refractivity contribution in [2.75, 3.05) is 12.4 Å². The van der Waals surface area contributed by atoms with Crippen LogP contribution in [0.1, 0.15) is 16.1 Å². The van der Waals surface area contributed by atoms with Crippen molar-refractivity contribution in [3.05, 3.63) is 35.9 Å². The SMILES string of the molecule is COC(=O)c1c(NC(=O)/C=C/c2cnn(C)c2)cnn1C. The van der Waals surface area contributed by atoms with E-state index in [-0.39, 0.29) is 11.6 Å². The van der Waals surface area contributed by atoms with E-state index < -0.39 is 5.97 Å². The minimum atomic E-state index is -0.568. The molecular weight excluding hydrogens is 274 g/mol. The number of esters is 1. The van der Waals surface area contributed by atoms with Crippen LogP contribution in [0.15, 0.2) is 24.7 Å². The maximum absolute atomic E-state index is 11.9. The Morgan fingerprint density at radius 1 is 1.29 bits per heavy atom. The highest BCUT2D eigenvalue weighted by molar-refractivity contribution is 6.05. The summed E-state index contributed by atoms with van der Waals surface area (Å²) in [6.07, 6.45) is 7.77. The molecule has 0 saturated heterocycles. The molecule has 8 nitrogen and oxygen atoms in total. The molecule has 0 aliphatic heterocycles. The number of hydrogen-bond acceptors (Lipinski definition) is 5. The molecule has 0 aromatic carbocycles. The van der Waals surface area contributed by atoms with E-state index in [4.69, 9.17) is 0 Å². The van der Waals surface area contributed by atoms with Crippen LogP contribution in [0.25, 0.3) is 6.08 Å². The molecule has 2 heterocycles. The van der Waals surface area contributed by atoms with Gasteiger partial charge in [-0.3, -0.25) is 14.2 Å². The van der Waals surface area contributed by atoms with E-state index in [0.29, 0.717) is 5.69 Å². The summed E-state index contributed by atoms with van der Waals surface area (Å²) < 4.78 is 7.62. The third kappa shape index (κ3) is 3.35. The van der Waals surface area contributed by atoms with Gasteiger partial charge in [-0.15, -0.1) is 0 Å². The van der Waals surface area contributed by atoms with Gasteiger partial charge in [0.1, 0.15) is 0 Å². The van der Waals surface area contributed by atoms with Crippen LogP contribution in [-0.2, 0) is 23.6 Å². The van der Waals surface area contributed by atoms with Crippen molar-refractivity contribution < 1.29 is 14.3 Å². The second-order valence-electron chi connectivity index (χ2n) is 4.29. The Labute approximate surface area is 121 Å². The molecule has 0 radical (unpaired) electrons. The summed E-state index contributed by atoms with van der Waals surface area (Å²) in [5.74, 6) is -0.946. The minimum absolute atomic E-state index is 0.181. The van der Waals surface area contributed by atoms with Gasteiger partial charge in [0, 0.05) is 31.9 Å². The van der Waals surface area contributed by atoms with Crippen LogP contribution in [0, 0.1) is 0 Å². The number of aryl methyl sites for hydroxylation is 2. The summed E-state index contributed by atoms with van der Waals surface area (Å²) in [5, 5.41) is 10.5. The van der Waals surface area contributed by atoms with Gasteiger partial charge in [0.2, 0.25) is 5.91 Å². The Balaban J connectivity index is 2.10. The fraction of sp³-hybridized carbons (Fsp3) is 0.231. The number of anilines is 1. The second kappa shape index (κ2) is 6.04. The quantitative estimate of drug-likeness (QED) is 0.657. The van der Waals surface area contributed by atoms with Gasteiger partial charge in [-0.05, 0) is 6.08 Å². The third-order valence-electron chi connectivity index (χ3n) is 2.73. The molecule has 0 aliphatic rings. The number of hydrogen-bond donors (Lipinski definition) is 1. The molecular formula is C13H15N5O3. The van der Waals surface area contributed by atoms with Crippen LogP contribution < -0.4 is 5.32 Å². The lowest BCUT2D eigenvalue weighted by Crippen LogP contribution is -2.14. The summed E-state index contributed by atoms with van der Waals surface area (Å²) in [5.41, 5.74) is 1.28. The zero-order valence-corrected chi connectivity index (χ0v) is 11.9. The van der Waals surface area contributed by atoms with Crippen molar-refractivity contribution in [3.8, 4) is 0 Å². The molecule has 0 bridgehead atoms. The molecule has 21 heavy (non-hydrogen) atoms. The van der Waals surface area contributed by atoms with E-state index in [9.17, 15) is 9.59 Å². The molecule has 2 aromatic heterocycles. The monoisotopic (exact) mass is 289 g/mol. The van der Waals surface area contributed by atoms with Crippen LogP contribution in [-0.4, -0.2) is 38.5 Å². The fourth-order valence-electron chi connectivity index (χ4n) is 1.74. The molecule has 2 rings (SSSR count). The van der Waals surface area contributed by atoms with E-state index >= 15 is 0 Å². The van der Waals surface area contributed by atoms with Gasteiger partial charge in [-0.25, -0.2) is 4.79 Å². The number of carbonyl (C=O) groups excluding carboxylic acids is 2. The molecule has 2 aromatic rings. The summed E-state index contributed by atoms with van der Waals surface area (Å²) >= 11 is 0. The number of amides is 1. The van der Waals surface area contributed by atoms with Crippen molar-refractivity contribution >= 4 is 23.6 Å². The number of nitrogens with zero attached hydrogens (tertiary/aromatic N) is 4. The Hall–Kier alpha value is -2.90. The molecule has 1 N–H and O–H groups in total. The normalized spacial score (nSPS) is 10.8. The predicted molar refractivity (Wildman–Crippen MR) is 75.4 cm³/mol. The summed E-state index contributed by atoms with van der Waals surface area (Å²) in [6.45, 7) is 0. The summed E-state index contributed by atoms with van der Waals surface area (Å²) in [4.78, 5) is 23.5. The lowest BCUT2D eigenvalue weighted by atomic mass is 10.3. The maximum atomic E-state index is 11.9. The highest BCUT2D eigenvalue weighted by atomic mass is 16.5. The topological polar surface area (TPSA) is 91.0 Å². The van der Waals surface area contributed by atoms with E-state index in [0.717, 1.165) is 5.56 Å². The highest BCUT2D eigenvalue weighted by Gasteiger charge is 2.18. The summed E-state index contributed by atoms with van der Waals surface area (Å²) in [7, 11) is 4.65. The standard InChI is InChI=1S/C13H15N5O3/c1-17-8-9(6-14-17)4-5-11(19)16-10-7-15-18(2)12(10)13(20)21-3/h4-8H,1-3H3,(H,16,19)/b5-4+. The molecule has 0 saturated carbocycles. The molecule has 0 unspecified atom stereocenters. The van der Waals surface area contributed by atoms with Gasteiger partial charge in [-0.2, -0.15) is 10.2 Å². The van der Waals surface area contributed by atoms with Gasteiger partial charge in [0.05, 0.1) is 25.2 Å². The molecule has 0 spiro atoms. The van der Waals surface area contributed by atoms with E-state index in [1.807, 2.05) is 0 Å². The van der Waals surface area contributed by atoms with Gasteiger partial charge in [0.25, 0.3) is 0 Å². The average molecular weight is 289 g/mol. The number of carbonyl (C=O) groups is 2. The average Bonchev–Trinajstić information content (AvgIpc) is 3.02. The van der Waals surface area contributed by atoms with Crippen LogP contribution >= 0.6 is 0 Å². The third-order valence-corrected chi connectivity index (χ3v) is 2.73. The van der Waals surface area contributed by atoms with E-state index in [1.165, 1.54) is 24.1 Å². The van der Waals surface area contributed by atoms with Crippen LogP contribution in [0.3, 0.4) is 0 Å². The number of rotatable bonds is 4. The molecule has 0 fully saturated rings. The molecule has 0 atom stereocenters. The number of aromatic nitrogens is 4. The smallest absolute Gasteiger partial charge is 0.358 e. The van der Waals surface area contributed by atoms with Crippen LogP contribution in [0.4, 0.5) is 5.69 Å². The zero-order chi connectivity index (χ0) is 15.4. The molecule has 8 heteroatoms. The van der Waals surface area contributed by atoms with Crippen molar-refractivity contribution in [1.82, 2.24) is 19.6 Å². The second-order valence-corrected chi connectivity index (χ2v) is 4.29. The van der Waals surface area contributed by atoms with Gasteiger partial charge in [-0.1, -0.05) is 0 Å². The van der Waals surface area contributed by atoms with Crippen molar-refractivity contribution in [3.63, 3.8) is 0 Å². The molecule has 110 valence electrons. The Morgan fingerprint density at radius 2 is 2.05 bits per heavy atom. The molecule has 0 aliphatic carbocycles. The van der Waals surface area contributed by atoms with Crippen LogP contribution in [0.5, 0.6) is 0 Å². The number of ether oxygens (including phenoxy) is 1. The fourth-order valence-corrected chi connectivity index (χ4v) is 1.74. The van der Waals surface area contributed by atoms with Gasteiger partial charge in [0.15, 0.2) is 5.69 Å². The minimum Gasteiger partial charge on any atom is -0.464 e. The van der Waals surface area contributed by atoms with Gasteiger partial charge < -0.3 is 10.1 Å². The first-order valence-electron chi connectivity index (χ1n) is 6.09. The maximum Gasteiger partial charge on any atom is 0.358 e. The number of nitrogens with one attached hydrogen (secondary N) is 1. The van der Waals surface area contributed by atoms with Crippen molar-refractivity contribution in [2.24, 2.45) is 14.1 Å². The Bertz CT molecular complexity index is 698. The Morgan fingerprint density at radius 3 is 2.67 bits per heavy atom. The first kappa shape index (κ1) is 14.5. The first-order chi connectivity index (χ1) is 10.0. The lowest BCUT2D eigenvalue weighted by molar-refractivity contribution is -0.111. The largest absolute Gasteiger partial charge is 0.464 e. The zero-order valence-electron chi connectivity index (χ0n) is 11.9. The van der Waals surface area contributed by atoms with E-state index in [1.54, 1.807) is 37.2 Å². The highest BCUT2D eigenvalue weighted by Crippen LogP contribution is 2.15. The summed E-state index contributed by atoms with van der Waals surface area (Å²) in [6, 6.07) is 0. The number of methoxy groups -OCH3 is 1.